The standard InChI is InChI=1S/C17H18O3/c1-19-16-7-3-5-14-9-13(11-20-17(14)16)8-12-4-2-6-15(18)10-12/h2-7,10,13,18H,8-9,11H2,1H3/t13-/m1/s1. The highest BCUT2D eigenvalue weighted by Crippen LogP contribution is 2.36. The molecule has 0 saturated heterocycles. The van der Waals surface area contributed by atoms with Crippen LogP contribution in [0.2, 0.25) is 0 Å². The van der Waals surface area contributed by atoms with E-state index in [2.05, 4.69) is 6.07 Å². The lowest BCUT2D eigenvalue weighted by Crippen LogP contribution is -2.23. The first-order chi connectivity index (χ1) is 9.76. The van der Waals surface area contributed by atoms with E-state index in [0.29, 0.717) is 18.3 Å². The first-order valence-electron chi connectivity index (χ1n) is 6.83. The molecule has 104 valence electrons. The number of benzene rings is 2. The second-order valence-electron chi connectivity index (χ2n) is 5.20. The molecule has 0 radical (unpaired) electrons. The molecule has 0 amide bonds. The average molecular weight is 270 g/mol. The molecule has 3 rings (SSSR count). The minimum Gasteiger partial charge on any atom is -0.508 e. The zero-order chi connectivity index (χ0) is 13.9. The van der Waals surface area contributed by atoms with Crippen LogP contribution in [0.4, 0.5) is 0 Å². The predicted molar refractivity (Wildman–Crippen MR) is 77.5 cm³/mol. The molecule has 2 aromatic carbocycles. The molecule has 1 aliphatic rings. The number of fused-ring (bicyclic) bond motifs is 1. The zero-order valence-electron chi connectivity index (χ0n) is 11.5. The Morgan fingerprint density at radius 3 is 2.90 bits per heavy atom. The lowest BCUT2D eigenvalue weighted by Gasteiger charge is -2.26. The summed E-state index contributed by atoms with van der Waals surface area (Å²) in [6.45, 7) is 0.684. The Balaban J connectivity index is 1.76. The highest BCUT2D eigenvalue weighted by atomic mass is 16.5. The van der Waals surface area contributed by atoms with Gasteiger partial charge < -0.3 is 14.6 Å². The maximum absolute atomic E-state index is 9.52. The molecule has 0 saturated carbocycles. The van der Waals surface area contributed by atoms with E-state index in [0.717, 1.165) is 29.9 Å². The fraction of sp³-hybridized carbons (Fsp3) is 0.294. The number of rotatable bonds is 3. The fourth-order valence-corrected chi connectivity index (χ4v) is 2.77. The Morgan fingerprint density at radius 2 is 2.10 bits per heavy atom. The quantitative estimate of drug-likeness (QED) is 0.931. The molecule has 0 aromatic heterocycles. The van der Waals surface area contributed by atoms with Gasteiger partial charge in [-0.05, 0) is 42.2 Å². The van der Waals surface area contributed by atoms with Crippen LogP contribution < -0.4 is 9.47 Å². The molecule has 0 aliphatic carbocycles. The highest BCUT2D eigenvalue weighted by Gasteiger charge is 2.22. The van der Waals surface area contributed by atoms with Gasteiger partial charge in [0.05, 0.1) is 13.7 Å². The second-order valence-corrected chi connectivity index (χ2v) is 5.20. The van der Waals surface area contributed by atoms with Crippen molar-refractivity contribution in [2.45, 2.75) is 12.8 Å². The third-order valence-corrected chi connectivity index (χ3v) is 3.69. The zero-order valence-corrected chi connectivity index (χ0v) is 11.5. The van der Waals surface area contributed by atoms with Gasteiger partial charge in [0.15, 0.2) is 11.5 Å². The van der Waals surface area contributed by atoms with E-state index >= 15 is 0 Å². The summed E-state index contributed by atoms with van der Waals surface area (Å²) in [5.41, 5.74) is 2.34. The topological polar surface area (TPSA) is 38.7 Å². The molecule has 3 heteroatoms. The summed E-state index contributed by atoms with van der Waals surface area (Å²) in [7, 11) is 1.66. The van der Waals surface area contributed by atoms with Crippen molar-refractivity contribution in [3.05, 3.63) is 53.6 Å². The van der Waals surface area contributed by atoms with Crippen LogP contribution in [0.3, 0.4) is 0 Å². The van der Waals surface area contributed by atoms with Crippen molar-refractivity contribution in [2.75, 3.05) is 13.7 Å². The van der Waals surface area contributed by atoms with Crippen LogP contribution in [0.25, 0.3) is 0 Å². The molecule has 0 unspecified atom stereocenters. The summed E-state index contributed by atoms with van der Waals surface area (Å²) in [4.78, 5) is 0. The average Bonchev–Trinajstić information content (AvgIpc) is 2.46. The third-order valence-electron chi connectivity index (χ3n) is 3.69. The molecule has 1 aliphatic heterocycles. The Bertz CT molecular complexity index is 607. The highest BCUT2D eigenvalue weighted by molar-refractivity contribution is 5.47. The first-order valence-corrected chi connectivity index (χ1v) is 6.83. The van der Waals surface area contributed by atoms with Crippen LogP contribution in [-0.2, 0) is 12.8 Å². The van der Waals surface area contributed by atoms with E-state index in [9.17, 15) is 5.11 Å². The van der Waals surface area contributed by atoms with Crippen molar-refractivity contribution >= 4 is 0 Å². The number of hydrogen-bond acceptors (Lipinski definition) is 3. The van der Waals surface area contributed by atoms with Gasteiger partial charge in [0.1, 0.15) is 5.75 Å². The molecule has 20 heavy (non-hydrogen) atoms. The van der Waals surface area contributed by atoms with E-state index in [-0.39, 0.29) is 0 Å². The van der Waals surface area contributed by atoms with E-state index in [1.54, 1.807) is 13.2 Å². The van der Waals surface area contributed by atoms with Gasteiger partial charge in [0.2, 0.25) is 0 Å². The molecule has 1 heterocycles. The van der Waals surface area contributed by atoms with Gasteiger partial charge >= 0.3 is 0 Å². The normalized spacial score (nSPS) is 17.1. The van der Waals surface area contributed by atoms with Gasteiger partial charge in [-0.1, -0.05) is 24.3 Å². The van der Waals surface area contributed by atoms with Crippen molar-refractivity contribution in [3.63, 3.8) is 0 Å². The van der Waals surface area contributed by atoms with Gasteiger partial charge in [-0.2, -0.15) is 0 Å². The van der Waals surface area contributed by atoms with E-state index in [1.165, 1.54) is 5.56 Å². The molecular formula is C17H18O3. The van der Waals surface area contributed by atoms with Crippen LogP contribution in [0.5, 0.6) is 17.2 Å². The number of phenolic OH excluding ortho intramolecular Hbond substituents is 1. The van der Waals surface area contributed by atoms with Crippen molar-refractivity contribution in [1.82, 2.24) is 0 Å². The van der Waals surface area contributed by atoms with E-state index in [1.807, 2.05) is 30.3 Å². The van der Waals surface area contributed by atoms with E-state index in [4.69, 9.17) is 9.47 Å². The summed E-state index contributed by atoms with van der Waals surface area (Å²) >= 11 is 0. The van der Waals surface area contributed by atoms with Crippen LogP contribution in [0.15, 0.2) is 42.5 Å². The van der Waals surface area contributed by atoms with Crippen LogP contribution >= 0.6 is 0 Å². The van der Waals surface area contributed by atoms with Gasteiger partial charge in [-0.3, -0.25) is 0 Å². The smallest absolute Gasteiger partial charge is 0.164 e. The Labute approximate surface area is 118 Å². The molecule has 0 fully saturated rings. The maximum atomic E-state index is 9.52. The minimum atomic E-state index is 0.321. The number of phenols is 1. The van der Waals surface area contributed by atoms with Crippen LogP contribution in [0, 0.1) is 5.92 Å². The number of hydrogen-bond donors (Lipinski definition) is 1. The monoisotopic (exact) mass is 270 g/mol. The SMILES string of the molecule is COc1cccc2c1OC[C@H](Cc1cccc(O)c1)C2. The Morgan fingerprint density at radius 1 is 1.25 bits per heavy atom. The molecule has 0 spiro atoms. The minimum absolute atomic E-state index is 0.321. The predicted octanol–water partition coefficient (Wildman–Crippen LogP) is 3.19. The molecule has 0 bridgehead atoms. The molecule has 1 N–H and O–H groups in total. The van der Waals surface area contributed by atoms with E-state index < -0.39 is 0 Å². The van der Waals surface area contributed by atoms with Gasteiger partial charge in [0.25, 0.3) is 0 Å². The molecule has 2 aromatic rings. The maximum Gasteiger partial charge on any atom is 0.164 e. The lowest BCUT2D eigenvalue weighted by atomic mass is 9.91. The molecule has 1 atom stereocenters. The summed E-state index contributed by atoms with van der Waals surface area (Å²) < 4.78 is 11.2. The van der Waals surface area contributed by atoms with Crippen molar-refractivity contribution in [2.24, 2.45) is 5.92 Å². The number of methoxy groups -OCH3 is 1. The van der Waals surface area contributed by atoms with Crippen LogP contribution in [0.1, 0.15) is 11.1 Å². The number of ether oxygens (including phenoxy) is 2. The lowest BCUT2D eigenvalue weighted by molar-refractivity contribution is 0.211. The number of para-hydroxylation sites is 1. The van der Waals surface area contributed by atoms with Gasteiger partial charge in [-0.15, -0.1) is 0 Å². The Hall–Kier alpha value is -2.16. The summed E-state index contributed by atoms with van der Waals surface area (Å²) in [6, 6.07) is 13.5. The summed E-state index contributed by atoms with van der Waals surface area (Å²) in [5, 5.41) is 9.52. The summed E-state index contributed by atoms with van der Waals surface area (Å²) in [5.74, 6) is 2.43. The van der Waals surface area contributed by atoms with Gasteiger partial charge in [0, 0.05) is 5.92 Å². The first kappa shape index (κ1) is 12.9. The van der Waals surface area contributed by atoms with Crippen molar-refractivity contribution < 1.29 is 14.6 Å². The summed E-state index contributed by atoms with van der Waals surface area (Å²) in [6.07, 6.45) is 1.88. The van der Waals surface area contributed by atoms with Crippen molar-refractivity contribution in [3.8, 4) is 17.2 Å². The van der Waals surface area contributed by atoms with Crippen molar-refractivity contribution in [1.29, 1.82) is 0 Å². The second kappa shape index (κ2) is 5.45. The fourth-order valence-electron chi connectivity index (χ4n) is 2.77. The number of aromatic hydroxyl groups is 1. The van der Waals surface area contributed by atoms with Gasteiger partial charge in [-0.25, -0.2) is 0 Å². The Kier molecular flexibility index (Phi) is 3.50. The largest absolute Gasteiger partial charge is 0.508 e. The third kappa shape index (κ3) is 2.57. The van der Waals surface area contributed by atoms with Crippen LogP contribution in [-0.4, -0.2) is 18.8 Å². The molecular weight excluding hydrogens is 252 g/mol. The molecule has 3 nitrogen and oxygen atoms in total.